The van der Waals surface area contributed by atoms with E-state index >= 15 is 0 Å². The molecule has 3 heterocycles. The normalized spacial score (nSPS) is 15.4. The van der Waals surface area contributed by atoms with Crippen LogP contribution in [0.25, 0.3) is 17.5 Å². The summed E-state index contributed by atoms with van der Waals surface area (Å²) < 4.78 is 27.0. The van der Waals surface area contributed by atoms with Gasteiger partial charge in [-0.25, -0.2) is 4.39 Å². The first kappa shape index (κ1) is 21.2. The van der Waals surface area contributed by atoms with Crippen LogP contribution < -0.4 is 9.47 Å². The Morgan fingerprint density at radius 2 is 1.76 bits per heavy atom. The van der Waals surface area contributed by atoms with Crippen molar-refractivity contribution >= 4 is 46.8 Å². The zero-order valence-corrected chi connectivity index (χ0v) is 19.5. The van der Waals surface area contributed by atoms with Crippen LogP contribution in [0.1, 0.15) is 11.1 Å². The molecule has 0 atom stereocenters. The molecule has 0 amide bonds. The Hall–Kier alpha value is -3.33. The fourth-order valence-electron chi connectivity index (χ4n) is 3.63. The van der Waals surface area contributed by atoms with E-state index in [2.05, 4.69) is 10.2 Å². The van der Waals surface area contributed by atoms with Gasteiger partial charge in [0.25, 0.3) is 0 Å². The Morgan fingerprint density at radius 1 is 0.941 bits per heavy atom. The summed E-state index contributed by atoms with van der Waals surface area (Å²) in [5.41, 5.74) is 2.57. The predicted molar refractivity (Wildman–Crippen MR) is 130 cm³/mol. The van der Waals surface area contributed by atoms with E-state index < -0.39 is 5.82 Å². The van der Waals surface area contributed by atoms with Crippen molar-refractivity contribution in [2.45, 2.75) is 5.16 Å². The van der Waals surface area contributed by atoms with Crippen molar-refractivity contribution in [3.63, 3.8) is 0 Å². The van der Waals surface area contributed by atoms with Gasteiger partial charge < -0.3 is 9.47 Å². The zero-order valence-electron chi connectivity index (χ0n) is 17.2. The lowest BCUT2D eigenvalue weighted by molar-refractivity contribution is 0.174. The van der Waals surface area contributed by atoms with E-state index in [1.54, 1.807) is 4.68 Å². The largest absolute Gasteiger partial charge is 0.454 e. The van der Waals surface area contributed by atoms with Crippen molar-refractivity contribution in [3.05, 3.63) is 92.6 Å². The predicted octanol–water partition coefficient (Wildman–Crippen LogP) is 6.52. The van der Waals surface area contributed by atoms with E-state index in [1.807, 2.05) is 54.6 Å². The molecule has 2 aliphatic rings. The molecule has 0 saturated carbocycles. The van der Waals surface area contributed by atoms with Crippen LogP contribution in [0.4, 0.5) is 4.39 Å². The Labute approximate surface area is 207 Å². The number of benzene rings is 3. The van der Waals surface area contributed by atoms with Gasteiger partial charge in [0.2, 0.25) is 11.9 Å². The van der Waals surface area contributed by atoms with Crippen LogP contribution in [0.3, 0.4) is 0 Å². The van der Waals surface area contributed by atoms with E-state index in [4.69, 9.17) is 37.8 Å². The number of allylic oxidation sites excluding steroid dienone is 1. The molecule has 2 aliphatic heterocycles. The first-order valence-corrected chi connectivity index (χ1v) is 11.7. The minimum absolute atomic E-state index is 0.0610. The number of rotatable bonds is 3. The number of hydrogen-bond acceptors (Lipinski definition) is 6. The van der Waals surface area contributed by atoms with E-state index in [-0.39, 0.29) is 16.8 Å². The maximum absolute atomic E-state index is 14.5. The lowest BCUT2D eigenvalue weighted by Gasteiger charge is -2.18. The van der Waals surface area contributed by atoms with Crippen LogP contribution in [0.15, 0.2) is 75.8 Å². The van der Waals surface area contributed by atoms with E-state index in [9.17, 15) is 4.39 Å². The molecule has 3 aromatic carbocycles. The lowest BCUT2D eigenvalue weighted by atomic mass is 10.1. The molecule has 0 aliphatic carbocycles. The van der Waals surface area contributed by atoms with Gasteiger partial charge in [0, 0.05) is 16.0 Å². The van der Waals surface area contributed by atoms with Gasteiger partial charge >= 0.3 is 0 Å². The lowest BCUT2D eigenvalue weighted by Crippen LogP contribution is -2.13. The fraction of sp³-hybridized carbons (Fsp3) is 0.0417. The number of halogens is 3. The summed E-state index contributed by atoms with van der Waals surface area (Å²) in [6, 6.07) is 17.8. The van der Waals surface area contributed by atoms with Gasteiger partial charge in [0.1, 0.15) is 11.5 Å². The molecule has 34 heavy (non-hydrogen) atoms. The third kappa shape index (κ3) is 3.73. The first-order chi connectivity index (χ1) is 16.6. The average molecular weight is 511 g/mol. The molecule has 0 unspecified atom stereocenters. The highest BCUT2D eigenvalue weighted by Crippen LogP contribution is 2.40. The summed E-state index contributed by atoms with van der Waals surface area (Å²) >= 11 is 13.8. The molecule has 4 aromatic rings. The van der Waals surface area contributed by atoms with Crippen molar-refractivity contribution in [2.75, 3.05) is 6.79 Å². The maximum Gasteiger partial charge on any atom is 0.231 e. The van der Waals surface area contributed by atoms with Gasteiger partial charge in [-0.15, -0.1) is 10.2 Å². The molecule has 0 saturated heterocycles. The van der Waals surface area contributed by atoms with Gasteiger partial charge in [0.05, 0.1) is 10.0 Å². The summed E-state index contributed by atoms with van der Waals surface area (Å²) in [4.78, 5) is 0.710. The summed E-state index contributed by atoms with van der Waals surface area (Å²) in [5.74, 6) is 1.31. The van der Waals surface area contributed by atoms with Crippen LogP contribution in [0, 0.1) is 5.82 Å². The molecule has 6 rings (SSSR count). The van der Waals surface area contributed by atoms with Crippen LogP contribution in [0.2, 0.25) is 10.0 Å². The van der Waals surface area contributed by atoms with E-state index in [1.165, 1.54) is 23.9 Å². The fourth-order valence-corrected chi connectivity index (χ4v) is 5.03. The van der Waals surface area contributed by atoms with Gasteiger partial charge in [-0.1, -0.05) is 59.6 Å². The van der Waals surface area contributed by atoms with Crippen LogP contribution >= 0.6 is 35.0 Å². The molecule has 10 heteroatoms. The topological polar surface area (TPSA) is 61.5 Å². The van der Waals surface area contributed by atoms with Crippen LogP contribution in [-0.2, 0) is 0 Å². The number of fused-ring (bicyclic) bond motifs is 2. The van der Waals surface area contributed by atoms with Crippen molar-refractivity contribution in [1.29, 1.82) is 0 Å². The van der Waals surface area contributed by atoms with Crippen molar-refractivity contribution in [3.8, 4) is 22.9 Å². The van der Waals surface area contributed by atoms with Crippen LogP contribution in [0.5, 0.6) is 11.5 Å². The highest BCUT2D eigenvalue weighted by Gasteiger charge is 2.27. The molecule has 0 N–H and O–H groups in total. The van der Waals surface area contributed by atoms with E-state index in [0.717, 1.165) is 11.1 Å². The summed E-state index contributed by atoms with van der Waals surface area (Å²) in [6.45, 7) is 0.182. The highest BCUT2D eigenvalue weighted by molar-refractivity contribution is 8.04. The number of hydrogen-bond donors (Lipinski definition) is 0. The summed E-state index contributed by atoms with van der Waals surface area (Å²) in [5, 5.41) is 14.2. The molecule has 168 valence electrons. The number of thioether (sulfide) groups is 1. The smallest absolute Gasteiger partial charge is 0.231 e. The third-order valence-electron chi connectivity index (χ3n) is 5.24. The second kappa shape index (κ2) is 8.47. The molecule has 0 spiro atoms. The molecular formula is C24H13Cl2FN4O2S. The SMILES string of the molecule is Fc1cc(C2=Nn3c(nnc3-c3ccccc3)S/C2=C\c2ccc3c(c2)OCO3)c(Cl)cc1Cl. The van der Waals surface area contributed by atoms with Crippen molar-refractivity contribution in [2.24, 2.45) is 5.10 Å². The molecule has 1 aromatic heterocycles. The van der Waals surface area contributed by atoms with Gasteiger partial charge in [-0.2, -0.15) is 9.78 Å². The Morgan fingerprint density at radius 3 is 2.62 bits per heavy atom. The van der Waals surface area contributed by atoms with E-state index in [0.29, 0.717) is 38.7 Å². The van der Waals surface area contributed by atoms with Gasteiger partial charge in [-0.05, 0) is 47.7 Å². The molecule has 0 radical (unpaired) electrons. The van der Waals surface area contributed by atoms with Crippen molar-refractivity contribution in [1.82, 2.24) is 14.9 Å². The highest BCUT2D eigenvalue weighted by atomic mass is 35.5. The molecular weight excluding hydrogens is 498 g/mol. The average Bonchev–Trinajstić information content (AvgIpc) is 3.48. The minimum Gasteiger partial charge on any atom is -0.454 e. The van der Waals surface area contributed by atoms with Crippen LogP contribution in [-0.4, -0.2) is 27.4 Å². The molecule has 0 fully saturated rings. The number of ether oxygens (including phenoxy) is 2. The monoisotopic (exact) mass is 510 g/mol. The quantitative estimate of drug-likeness (QED) is 0.293. The minimum atomic E-state index is -0.589. The Bertz CT molecular complexity index is 1500. The Kier molecular flexibility index (Phi) is 5.28. The standard InChI is InChI=1S/C24H13Cl2FN4O2S/c25-16-11-17(26)18(27)10-15(16)22-21(9-13-6-7-19-20(8-13)33-12-32-19)34-24-29-28-23(31(24)30-22)14-4-2-1-3-5-14/h1-11H,12H2/b21-9-. The third-order valence-corrected chi connectivity index (χ3v) is 6.81. The summed E-state index contributed by atoms with van der Waals surface area (Å²) in [7, 11) is 0. The number of aromatic nitrogens is 3. The molecule has 6 nitrogen and oxygen atoms in total. The van der Waals surface area contributed by atoms with Crippen molar-refractivity contribution < 1.29 is 13.9 Å². The second-order valence-electron chi connectivity index (χ2n) is 7.40. The maximum atomic E-state index is 14.5. The summed E-state index contributed by atoms with van der Waals surface area (Å²) in [6.07, 6.45) is 1.91. The molecule has 0 bridgehead atoms. The Balaban J connectivity index is 1.53. The van der Waals surface area contributed by atoms with Gasteiger partial charge in [0.15, 0.2) is 17.3 Å². The second-order valence-corrected chi connectivity index (χ2v) is 9.23. The first-order valence-electron chi connectivity index (χ1n) is 10.1. The number of nitrogens with zero attached hydrogens (tertiary/aromatic N) is 4. The zero-order chi connectivity index (χ0) is 23.2. The van der Waals surface area contributed by atoms with Gasteiger partial charge in [-0.3, -0.25) is 0 Å².